The molecule has 0 spiro atoms. The van der Waals surface area contributed by atoms with Crippen molar-refractivity contribution in [3.63, 3.8) is 0 Å². The van der Waals surface area contributed by atoms with Crippen LogP contribution in [0.15, 0.2) is 24.3 Å². The summed E-state index contributed by atoms with van der Waals surface area (Å²) in [5.74, 6) is -0.363. The van der Waals surface area contributed by atoms with Gasteiger partial charge in [0, 0.05) is 6.42 Å². The molecule has 0 radical (unpaired) electrons. The van der Waals surface area contributed by atoms with Crippen LogP contribution in [-0.2, 0) is 4.79 Å². The fourth-order valence-corrected chi connectivity index (χ4v) is 1.12. The van der Waals surface area contributed by atoms with Crippen LogP contribution in [0.3, 0.4) is 0 Å². The smallest absolute Gasteiger partial charge is 0.124 e. The molecular formula is C10H8ClFO. The Kier molecular flexibility index (Phi) is 3.65. The number of hydrogen-bond acceptors (Lipinski definition) is 1. The van der Waals surface area contributed by atoms with Crippen LogP contribution in [0, 0.1) is 5.82 Å². The zero-order valence-electron chi connectivity index (χ0n) is 6.84. The molecule has 0 amide bonds. The Morgan fingerprint density at radius 2 is 2.23 bits per heavy atom. The molecule has 0 aliphatic heterocycles. The summed E-state index contributed by atoms with van der Waals surface area (Å²) in [6.07, 6.45) is 4.49. The van der Waals surface area contributed by atoms with Crippen molar-refractivity contribution in [3.8, 4) is 0 Å². The third-order valence-corrected chi connectivity index (χ3v) is 1.82. The molecule has 0 aromatic heterocycles. The second kappa shape index (κ2) is 4.77. The van der Waals surface area contributed by atoms with Crippen molar-refractivity contribution in [2.75, 3.05) is 0 Å². The number of carbonyl (C=O) groups excluding carboxylic acids is 1. The van der Waals surface area contributed by atoms with E-state index in [9.17, 15) is 9.18 Å². The first-order valence-corrected chi connectivity index (χ1v) is 4.17. The second-order valence-corrected chi connectivity index (χ2v) is 2.88. The predicted molar refractivity (Wildman–Crippen MR) is 51.1 cm³/mol. The van der Waals surface area contributed by atoms with Crippen molar-refractivity contribution in [3.05, 3.63) is 40.7 Å². The maximum Gasteiger partial charge on any atom is 0.124 e. The first kappa shape index (κ1) is 9.93. The minimum Gasteiger partial charge on any atom is -0.303 e. The van der Waals surface area contributed by atoms with Crippen LogP contribution in [0.1, 0.15) is 12.0 Å². The van der Waals surface area contributed by atoms with Crippen molar-refractivity contribution < 1.29 is 9.18 Å². The molecule has 1 rings (SSSR count). The fourth-order valence-electron chi connectivity index (χ4n) is 0.887. The SMILES string of the molecule is O=CCC=Cc1ccc(F)cc1Cl. The lowest BCUT2D eigenvalue weighted by Gasteiger charge is -1.96. The van der Waals surface area contributed by atoms with Gasteiger partial charge in [-0.2, -0.15) is 0 Å². The molecule has 1 aromatic rings. The van der Waals surface area contributed by atoms with E-state index in [2.05, 4.69) is 0 Å². The van der Waals surface area contributed by atoms with Gasteiger partial charge in [0.05, 0.1) is 5.02 Å². The molecule has 13 heavy (non-hydrogen) atoms. The highest BCUT2D eigenvalue weighted by Gasteiger charge is 1.97. The Labute approximate surface area is 80.8 Å². The van der Waals surface area contributed by atoms with E-state index in [1.807, 2.05) is 0 Å². The molecule has 3 heteroatoms. The predicted octanol–water partition coefficient (Wildman–Crippen LogP) is 3.08. The van der Waals surface area contributed by atoms with E-state index in [4.69, 9.17) is 11.6 Å². The molecule has 0 unspecified atom stereocenters. The van der Waals surface area contributed by atoms with E-state index in [1.54, 1.807) is 18.2 Å². The molecule has 68 valence electrons. The second-order valence-electron chi connectivity index (χ2n) is 2.47. The number of hydrogen-bond donors (Lipinski definition) is 0. The van der Waals surface area contributed by atoms with Crippen LogP contribution < -0.4 is 0 Å². The fraction of sp³-hybridized carbons (Fsp3) is 0.100. The number of aldehydes is 1. The maximum atomic E-state index is 12.6. The molecule has 0 aliphatic rings. The Morgan fingerprint density at radius 3 is 2.85 bits per heavy atom. The van der Waals surface area contributed by atoms with Crippen molar-refractivity contribution in [1.82, 2.24) is 0 Å². The van der Waals surface area contributed by atoms with Gasteiger partial charge >= 0.3 is 0 Å². The highest BCUT2D eigenvalue weighted by Crippen LogP contribution is 2.18. The first-order valence-electron chi connectivity index (χ1n) is 3.79. The van der Waals surface area contributed by atoms with Gasteiger partial charge in [-0.1, -0.05) is 29.8 Å². The van der Waals surface area contributed by atoms with Crippen LogP contribution in [0.25, 0.3) is 6.08 Å². The Bertz CT molecular complexity index is 334. The van der Waals surface area contributed by atoms with Crippen molar-refractivity contribution in [1.29, 1.82) is 0 Å². The maximum absolute atomic E-state index is 12.6. The molecule has 0 N–H and O–H groups in total. The monoisotopic (exact) mass is 198 g/mol. The molecular weight excluding hydrogens is 191 g/mol. The Balaban J connectivity index is 2.83. The molecule has 0 saturated heterocycles. The number of halogens is 2. The third kappa shape index (κ3) is 2.99. The molecule has 0 bridgehead atoms. The zero-order chi connectivity index (χ0) is 9.68. The van der Waals surface area contributed by atoms with Gasteiger partial charge in [0.25, 0.3) is 0 Å². The van der Waals surface area contributed by atoms with E-state index in [0.717, 1.165) is 6.29 Å². The Morgan fingerprint density at radius 1 is 1.46 bits per heavy atom. The van der Waals surface area contributed by atoms with Gasteiger partial charge in [-0.25, -0.2) is 4.39 Å². The molecule has 0 heterocycles. The minimum absolute atomic E-state index is 0.341. The Hall–Kier alpha value is -1.15. The number of allylic oxidation sites excluding steroid dienone is 1. The van der Waals surface area contributed by atoms with Gasteiger partial charge in [0.15, 0.2) is 0 Å². The molecule has 0 aliphatic carbocycles. The third-order valence-electron chi connectivity index (χ3n) is 1.49. The quantitative estimate of drug-likeness (QED) is 0.683. The lowest BCUT2D eigenvalue weighted by atomic mass is 10.2. The average molecular weight is 199 g/mol. The van der Waals surface area contributed by atoms with Crippen molar-refractivity contribution in [2.24, 2.45) is 0 Å². The van der Waals surface area contributed by atoms with Crippen LogP contribution in [0.2, 0.25) is 5.02 Å². The number of carbonyl (C=O) groups is 1. The minimum atomic E-state index is -0.363. The summed E-state index contributed by atoms with van der Waals surface area (Å²) in [4.78, 5) is 9.99. The van der Waals surface area contributed by atoms with E-state index < -0.39 is 0 Å². The topological polar surface area (TPSA) is 17.1 Å². The summed E-state index contributed by atoms with van der Waals surface area (Å²) in [5.41, 5.74) is 0.713. The van der Waals surface area contributed by atoms with E-state index in [0.29, 0.717) is 17.0 Å². The number of rotatable bonds is 3. The van der Waals surface area contributed by atoms with Gasteiger partial charge in [0.2, 0.25) is 0 Å². The van der Waals surface area contributed by atoms with Crippen LogP contribution >= 0.6 is 11.6 Å². The lowest BCUT2D eigenvalue weighted by Crippen LogP contribution is -1.78. The highest BCUT2D eigenvalue weighted by atomic mass is 35.5. The zero-order valence-corrected chi connectivity index (χ0v) is 7.59. The van der Waals surface area contributed by atoms with Crippen molar-refractivity contribution in [2.45, 2.75) is 6.42 Å². The molecule has 1 nitrogen and oxygen atoms in total. The van der Waals surface area contributed by atoms with Gasteiger partial charge < -0.3 is 4.79 Å². The standard InChI is InChI=1S/C10H8ClFO/c11-10-7-9(12)5-4-8(10)3-1-2-6-13/h1,3-7H,2H2. The summed E-state index contributed by atoms with van der Waals surface area (Å²) in [6.45, 7) is 0. The van der Waals surface area contributed by atoms with E-state index in [1.165, 1.54) is 12.1 Å². The molecule has 0 saturated carbocycles. The first-order chi connectivity index (χ1) is 6.24. The summed E-state index contributed by atoms with van der Waals surface area (Å²) in [7, 11) is 0. The summed E-state index contributed by atoms with van der Waals surface area (Å²) < 4.78 is 12.6. The summed E-state index contributed by atoms with van der Waals surface area (Å²) >= 11 is 5.73. The van der Waals surface area contributed by atoms with Gasteiger partial charge in [-0.05, 0) is 17.7 Å². The van der Waals surface area contributed by atoms with Crippen LogP contribution in [-0.4, -0.2) is 6.29 Å². The van der Waals surface area contributed by atoms with Gasteiger partial charge in [-0.15, -0.1) is 0 Å². The average Bonchev–Trinajstić information content (AvgIpc) is 2.09. The highest BCUT2D eigenvalue weighted by molar-refractivity contribution is 6.32. The van der Waals surface area contributed by atoms with Gasteiger partial charge in [0.1, 0.15) is 12.1 Å². The molecule has 0 fully saturated rings. The molecule has 0 atom stereocenters. The number of benzene rings is 1. The van der Waals surface area contributed by atoms with Crippen LogP contribution in [0.4, 0.5) is 4.39 Å². The van der Waals surface area contributed by atoms with Crippen molar-refractivity contribution >= 4 is 24.0 Å². The van der Waals surface area contributed by atoms with Gasteiger partial charge in [-0.3, -0.25) is 0 Å². The summed E-state index contributed by atoms with van der Waals surface area (Å²) in [6, 6.07) is 4.13. The van der Waals surface area contributed by atoms with E-state index >= 15 is 0 Å². The van der Waals surface area contributed by atoms with E-state index in [-0.39, 0.29) is 5.82 Å². The molecule has 1 aromatic carbocycles. The van der Waals surface area contributed by atoms with Crippen LogP contribution in [0.5, 0.6) is 0 Å². The lowest BCUT2D eigenvalue weighted by molar-refractivity contribution is -0.107. The largest absolute Gasteiger partial charge is 0.303 e. The summed E-state index contributed by atoms with van der Waals surface area (Å²) in [5, 5.41) is 0.349. The normalized spacial score (nSPS) is 10.6.